The number of nitrogens with zero attached hydrogens (tertiary/aromatic N) is 2. The van der Waals surface area contributed by atoms with E-state index in [2.05, 4.69) is 4.98 Å². The maximum Gasteiger partial charge on any atom is 0.213 e. The molecular weight excluding hydrogens is 372 g/mol. The van der Waals surface area contributed by atoms with Gasteiger partial charge in [0.2, 0.25) is 5.78 Å². The van der Waals surface area contributed by atoms with Crippen LogP contribution < -0.4 is 4.74 Å². The number of hydrogen-bond donors (Lipinski definition) is 0. The van der Waals surface area contributed by atoms with Crippen LogP contribution >= 0.6 is 11.6 Å². The van der Waals surface area contributed by atoms with E-state index in [9.17, 15) is 4.79 Å². The van der Waals surface area contributed by atoms with Crippen molar-refractivity contribution in [1.82, 2.24) is 9.55 Å². The molecule has 0 aliphatic carbocycles. The van der Waals surface area contributed by atoms with Crippen LogP contribution in [0.15, 0.2) is 85.3 Å². The van der Waals surface area contributed by atoms with Gasteiger partial charge < -0.3 is 9.30 Å². The lowest BCUT2D eigenvalue weighted by Gasteiger charge is -2.07. The first-order chi connectivity index (χ1) is 13.7. The SMILES string of the molecule is COc1cccc(C(=O)c2cn(-c3cccc(-c4ccccc4Cl)c3)cn2)c1. The normalized spacial score (nSPS) is 10.6. The Labute approximate surface area is 168 Å². The van der Waals surface area contributed by atoms with Crippen LogP contribution in [0.3, 0.4) is 0 Å². The number of methoxy groups -OCH3 is 1. The van der Waals surface area contributed by atoms with Gasteiger partial charge in [-0.05, 0) is 35.9 Å². The number of hydrogen-bond acceptors (Lipinski definition) is 3. The molecule has 0 aliphatic heterocycles. The van der Waals surface area contributed by atoms with Crippen LogP contribution in [0.1, 0.15) is 16.1 Å². The van der Waals surface area contributed by atoms with Gasteiger partial charge in [0.15, 0.2) is 0 Å². The van der Waals surface area contributed by atoms with Gasteiger partial charge in [-0.3, -0.25) is 4.79 Å². The van der Waals surface area contributed by atoms with Gasteiger partial charge in [0.05, 0.1) is 7.11 Å². The fourth-order valence-electron chi connectivity index (χ4n) is 3.02. The molecule has 0 amide bonds. The summed E-state index contributed by atoms with van der Waals surface area (Å²) in [6, 6.07) is 22.7. The second-order valence-corrected chi connectivity index (χ2v) is 6.66. The smallest absolute Gasteiger partial charge is 0.213 e. The summed E-state index contributed by atoms with van der Waals surface area (Å²) in [6.07, 6.45) is 3.37. The van der Waals surface area contributed by atoms with Crippen LogP contribution in [0.2, 0.25) is 5.02 Å². The minimum Gasteiger partial charge on any atom is -0.497 e. The highest BCUT2D eigenvalue weighted by Gasteiger charge is 2.14. The predicted octanol–water partition coefficient (Wildman–Crippen LogP) is 5.43. The van der Waals surface area contributed by atoms with E-state index < -0.39 is 0 Å². The molecule has 4 nitrogen and oxygen atoms in total. The van der Waals surface area contributed by atoms with Gasteiger partial charge in [0.25, 0.3) is 0 Å². The molecule has 0 radical (unpaired) electrons. The maximum atomic E-state index is 12.7. The molecule has 1 heterocycles. The molecular formula is C23H17ClN2O2. The Balaban J connectivity index is 1.65. The molecule has 0 aliphatic rings. The third-order valence-electron chi connectivity index (χ3n) is 4.48. The van der Waals surface area contributed by atoms with Crippen molar-refractivity contribution in [3.8, 4) is 22.6 Å². The van der Waals surface area contributed by atoms with Crippen molar-refractivity contribution in [2.45, 2.75) is 0 Å². The lowest BCUT2D eigenvalue weighted by molar-refractivity contribution is 0.103. The number of rotatable bonds is 5. The van der Waals surface area contributed by atoms with Gasteiger partial charge in [-0.1, -0.05) is 54.1 Å². The number of ketones is 1. The predicted molar refractivity (Wildman–Crippen MR) is 110 cm³/mol. The molecule has 0 N–H and O–H groups in total. The number of ether oxygens (including phenoxy) is 1. The molecule has 0 saturated carbocycles. The molecule has 0 atom stereocenters. The highest BCUT2D eigenvalue weighted by atomic mass is 35.5. The summed E-state index contributed by atoms with van der Waals surface area (Å²) in [5, 5.41) is 0.694. The van der Waals surface area contributed by atoms with E-state index in [1.165, 1.54) is 0 Å². The quantitative estimate of drug-likeness (QED) is 0.428. The lowest BCUT2D eigenvalue weighted by atomic mass is 10.1. The highest BCUT2D eigenvalue weighted by molar-refractivity contribution is 6.33. The monoisotopic (exact) mass is 388 g/mol. The summed E-state index contributed by atoms with van der Waals surface area (Å²) in [5.41, 5.74) is 3.76. The largest absolute Gasteiger partial charge is 0.497 e. The van der Waals surface area contributed by atoms with Crippen molar-refractivity contribution < 1.29 is 9.53 Å². The highest BCUT2D eigenvalue weighted by Crippen LogP contribution is 2.29. The number of carbonyl (C=O) groups excluding carboxylic acids is 1. The molecule has 1 aromatic heterocycles. The first-order valence-electron chi connectivity index (χ1n) is 8.74. The number of halogens is 1. The van der Waals surface area contributed by atoms with Gasteiger partial charge in [-0.2, -0.15) is 0 Å². The van der Waals surface area contributed by atoms with Gasteiger partial charge in [0.1, 0.15) is 17.8 Å². The number of aromatic nitrogens is 2. The average Bonchev–Trinajstić information content (AvgIpc) is 3.24. The molecule has 138 valence electrons. The minimum absolute atomic E-state index is 0.153. The fraction of sp³-hybridized carbons (Fsp3) is 0.0435. The topological polar surface area (TPSA) is 44.1 Å². The standard InChI is InChI=1S/C23H17ClN2O2/c1-28-19-9-5-7-17(13-19)23(27)22-14-26(15-25-22)18-8-4-6-16(12-18)20-10-2-3-11-21(20)24/h2-15H,1H3. The van der Waals surface area contributed by atoms with Gasteiger partial charge in [-0.15, -0.1) is 0 Å². The molecule has 0 spiro atoms. The van der Waals surface area contributed by atoms with Crippen LogP contribution in [-0.4, -0.2) is 22.4 Å². The Bertz CT molecular complexity index is 1150. The zero-order valence-corrected chi connectivity index (χ0v) is 15.9. The molecule has 0 saturated heterocycles. The van der Waals surface area contributed by atoms with E-state index >= 15 is 0 Å². The molecule has 4 aromatic rings. The molecule has 3 aromatic carbocycles. The zero-order valence-electron chi connectivity index (χ0n) is 15.2. The average molecular weight is 389 g/mol. The Morgan fingerprint density at radius 2 is 1.82 bits per heavy atom. The summed E-state index contributed by atoms with van der Waals surface area (Å²) in [6.45, 7) is 0. The molecule has 5 heteroatoms. The first kappa shape index (κ1) is 18.0. The van der Waals surface area contributed by atoms with Gasteiger partial charge in [0, 0.05) is 28.0 Å². The van der Waals surface area contributed by atoms with Crippen LogP contribution in [0.4, 0.5) is 0 Å². The minimum atomic E-state index is -0.153. The third kappa shape index (κ3) is 3.55. The van der Waals surface area contributed by atoms with Crippen molar-refractivity contribution in [3.05, 3.63) is 102 Å². The van der Waals surface area contributed by atoms with E-state index in [1.807, 2.05) is 53.1 Å². The lowest BCUT2D eigenvalue weighted by Crippen LogP contribution is -2.02. The van der Waals surface area contributed by atoms with Crippen molar-refractivity contribution in [2.75, 3.05) is 7.11 Å². The van der Waals surface area contributed by atoms with E-state index in [1.54, 1.807) is 43.9 Å². The van der Waals surface area contributed by atoms with Crippen molar-refractivity contribution >= 4 is 17.4 Å². The van der Waals surface area contributed by atoms with Gasteiger partial charge >= 0.3 is 0 Å². The molecule has 0 unspecified atom stereocenters. The second kappa shape index (κ2) is 7.71. The number of imidazole rings is 1. The number of carbonyl (C=O) groups is 1. The summed E-state index contributed by atoms with van der Waals surface area (Å²) >= 11 is 6.32. The van der Waals surface area contributed by atoms with E-state index in [4.69, 9.17) is 16.3 Å². The van der Waals surface area contributed by atoms with Crippen LogP contribution in [-0.2, 0) is 0 Å². The Morgan fingerprint density at radius 1 is 1.00 bits per heavy atom. The van der Waals surface area contributed by atoms with Crippen LogP contribution in [0.25, 0.3) is 16.8 Å². The summed E-state index contributed by atoms with van der Waals surface area (Å²) in [4.78, 5) is 17.0. The van der Waals surface area contributed by atoms with Crippen LogP contribution in [0.5, 0.6) is 5.75 Å². The summed E-state index contributed by atoms with van der Waals surface area (Å²) in [7, 11) is 1.57. The Hall–Kier alpha value is -3.37. The van der Waals surface area contributed by atoms with Crippen molar-refractivity contribution in [1.29, 1.82) is 0 Å². The van der Waals surface area contributed by atoms with Crippen LogP contribution in [0, 0.1) is 0 Å². The molecule has 0 bridgehead atoms. The van der Waals surface area contributed by atoms with Gasteiger partial charge in [-0.25, -0.2) is 4.98 Å². The molecule has 4 rings (SSSR count). The maximum absolute atomic E-state index is 12.7. The molecule has 0 fully saturated rings. The van der Waals surface area contributed by atoms with E-state index in [0.29, 0.717) is 22.0 Å². The first-order valence-corrected chi connectivity index (χ1v) is 9.11. The number of benzene rings is 3. The van der Waals surface area contributed by atoms with Crippen molar-refractivity contribution in [3.63, 3.8) is 0 Å². The summed E-state index contributed by atoms with van der Waals surface area (Å²) < 4.78 is 7.02. The Kier molecular flexibility index (Phi) is 4.96. The van der Waals surface area contributed by atoms with Crippen molar-refractivity contribution in [2.24, 2.45) is 0 Å². The zero-order chi connectivity index (χ0) is 19.5. The fourth-order valence-corrected chi connectivity index (χ4v) is 3.27. The molecule has 28 heavy (non-hydrogen) atoms. The van der Waals surface area contributed by atoms with E-state index in [-0.39, 0.29) is 5.78 Å². The van der Waals surface area contributed by atoms with E-state index in [0.717, 1.165) is 16.8 Å². The summed E-state index contributed by atoms with van der Waals surface area (Å²) in [5.74, 6) is 0.484. The Morgan fingerprint density at radius 3 is 2.64 bits per heavy atom. The second-order valence-electron chi connectivity index (χ2n) is 6.26. The third-order valence-corrected chi connectivity index (χ3v) is 4.81.